The van der Waals surface area contributed by atoms with Gasteiger partial charge in [-0.3, -0.25) is 0 Å². The van der Waals surface area contributed by atoms with Gasteiger partial charge in [0, 0.05) is 5.56 Å². The zero-order valence-corrected chi connectivity index (χ0v) is 11.2. The van der Waals surface area contributed by atoms with Gasteiger partial charge in [-0.1, -0.05) is 32.0 Å². The van der Waals surface area contributed by atoms with Crippen molar-refractivity contribution < 1.29 is 9.46 Å². The minimum atomic E-state index is -1.62. The molecule has 0 aliphatic carbocycles. The quantitative estimate of drug-likeness (QED) is 0.438. The Morgan fingerprint density at radius 2 is 1.67 bits per heavy atom. The predicted molar refractivity (Wildman–Crippen MR) is 65.6 cm³/mol. The summed E-state index contributed by atoms with van der Waals surface area (Å²) in [7, 11) is -1.62. The molecule has 0 bridgehead atoms. The second-order valence-electron chi connectivity index (χ2n) is 4.97. The summed E-state index contributed by atoms with van der Waals surface area (Å²) < 4.78 is 5.45. The molecule has 84 valence electrons. The Bertz CT molecular complexity index is 316. The highest BCUT2D eigenvalue weighted by Crippen LogP contribution is 2.26. The second kappa shape index (κ2) is 4.81. The minimum absolute atomic E-state index is 0.450. The molecule has 0 fully saturated rings. The van der Waals surface area contributed by atoms with Gasteiger partial charge < -0.3 is 4.89 Å². The highest BCUT2D eigenvalue weighted by molar-refractivity contribution is 6.69. The van der Waals surface area contributed by atoms with Crippen molar-refractivity contribution in [2.45, 2.75) is 39.4 Å². The van der Waals surface area contributed by atoms with Crippen LogP contribution in [0.2, 0.25) is 19.6 Å². The monoisotopic (exact) mass is 224 g/mol. The van der Waals surface area contributed by atoms with Crippen molar-refractivity contribution in [1.29, 1.82) is 0 Å². The summed E-state index contributed by atoms with van der Waals surface area (Å²) in [5.41, 5.74) is 1.19. The first-order valence-electron chi connectivity index (χ1n) is 5.35. The molecule has 0 aromatic heterocycles. The van der Waals surface area contributed by atoms with Gasteiger partial charge in [0.1, 0.15) is 0 Å². The van der Waals surface area contributed by atoms with E-state index in [9.17, 15) is 0 Å². The van der Waals surface area contributed by atoms with Crippen LogP contribution in [0.4, 0.5) is 0 Å². The van der Waals surface area contributed by atoms with Crippen molar-refractivity contribution in [2.24, 2.45) is 0 Å². The van der Waals surface area contributed by atoms with Crippen LogP contribution in [0.5, 0.6) is 5.75 Å². The number of benzene rings is 1. The summed E-state index contributed by atoms with van der Waals surface area (Å²) in [6, 6.07) is 8.02. The van der Waals surface area contributed by atoms with Crippen molar-refractivity contribution in [2.75, 3.05) is 0 Å². The lowest BCUT2D eigenvalue weighted by Gasteiger charge is -2.18. The van der Waals surface area contributed by atoms with Gasteiger partial charge in [0.05, 0.1) is 0 Å². The molecule has 3 heteroatoms. The lowest BCUT2D eigenvalue weighted by molar-refractivity contribution is -0.112. The zero-order valence-electron chi connectivity index (χ0n) is 10.2. The standard InChI is InChI=1S/C12H20O2Si/c1-10(2)11-8-6-7-9-12(11)13-14-15(3,4)5/h6-10H,1-5H3. The first kappa shape index (κ1) is 12.3. The number of rotatable bonds is 4. The van der Waals surface area contributed by atoms with Gasteiger partial charge in [0.25, 0.3) is 0 Å². The van der Waals surface area contributed by atoms with E-state index in [1.807, 2.05) is 18.2 Å². The van der Waals surface area contributed by atoms with Crippen molar-refractivity contribution in [1.82, 2.24) is 0 Å². The molecule has 0 radical (unpaired) electrons. The average Bonchev–Trinajstić information content (AvgIpc) is 2.14. The zero-order chi connectivity index (χ0) is 11.5. The molecule has 0 aliphatic rings. The first-order valence-corrected chi connectivity index (χ1v) is 8.75. The largest absolute Gasteiger partial charge is 0.349 e. The molecule has 0 atom stereocenters. The average molecular weight is 224 g/mol. The van der Waals surface area contributed by atoms with Crippen LogP contribution in [0.15, 0.2) is 24.3 Å². The van der Waals surface area contributed by atoms with Crippen LogP contribution >= 0.6 is 0 Å². The van der Waals surface area contributed by atoms with E-state index in [2.05, 4.69) is 39.6 Å². The molecule has 0 aliphatic heterocycles. The van der Waals surface area contributed by atoms with Gasteiger partial charge in [0.2, 0.25) is 8.32 Å². The summed E-state index contributed by atoms with van der Waals surface area (Å²) in [4.78, 5) is 5.42. The highest BCUT2D eigenvalue weighted by atomic mass is 28.4. The molecule has 0 spiro atoms. The Kier molecular flexibility index (Phi) is 3.94. The molecule has 0 heterocycles. The van der Waals surface area contributed by atoms with E-state index in [0.29, 0.717) is 5.92 Å². The molecule has 0 unspecified atom stereocenters. The van der Waals surface area contributed by atoms with Crippen LogP contribution in [0, 0.1) is 0 Å². The topological polar surface area (TPSA) is 18.5 Å². The SMILES string of the molecule is CC(C)c1ccccc1OO[Si](C)(C)C. The number of hydrogen-bond donors (Lipinski definition) is 0. The summed E-state index contributed by atoms with van der Waals surface area (Å²) in [5.74, 6) is 1.29. The fourth-order valence-corrected chi connectivity index (χ4v) is 1.54. The predicted octanol–water partition coefficient (Wildman–Crippen LogP) is 3.96. The molecule has 0 saturated carbocycles. The summed E-state index contributed by atoms with van der Waals surface area (Å²) in [6.45, 7) is 10.6. The number of hydrogen-bond acceptors (Lipinski definition) is 2. The van der Waals surface area contributed by atoms with E-state index in [1.165, 1.54) is 5.56 Å². The van der Waals surface area contributed by atoms with Crippen LogP contribution in [0.25, 0.3) is 0 Å². The minimum Gasteiger partial charge on any atom is -0.349 e. The van der Waals surface area contributed by atoms with Crippen LogP contribution in [-0.4, -0.2) is 8.32 Å². The maximum atomic E-state index is 5.45. The molecule has 1 aromatic rings. The van der Waals surface area contributed by atoms with Crippen LogP contribution in [0.3, 0.4) is 0 Å². The third kappa shape index (κ3) is 4.06. The maximum Gasteiger partial charge on any atom is 0.245 e. The molecule has 1 aromatic carbocycles. The third-order valence-corrected chi connectivity index (χ3v) is 2.51. The molecular formula is C12H20O2Si. The second-order valence-corrected chi connectivity index (χ2v) is 9.36. The van der Waals surface area contributed by atoms with Gasteiger partial charge in [-0.05, 0) is 31.6 Å². The van der Waals surface area contributed by atoms with Crippen LogP contribution in [-0.2, 0) is 4.58 Å². The van der Waals surface area contributed by atoms with Crippen molar-refractivity contribution >= 4 is 8.32 Å². The van der Waals surface area contributed by atoms with Gasteiger partial charge in [-0.15, -0.1) is 0 Å². The van der Waals surface area contributed by atoms with E-state index >= 15 is 0 Å². The molecular weight excluding hydrogens is 204 g/mol. The van der Waals surface area contributed by atoms with E-state index in [4.69, 9.17) is 9.46 Å². The molecule has 0 amide bonds. The maximum absolute atomic E-state index is 5.45. The smallest absolute Gasteiger partial charge is 0.245 e. The lowest BCUT2D eigenvalue weighted by Crippen LogP contribution is -2.27. The Hall–Kier alpha value is -0.803. The molecule has 15 heavy (non-hydrogen) atoms. The van der Waals surface area contributed by atoms with Crippen LogP contribution < -0.4 is 4.89 Å². The van der Waals surface area contributed by atoms with E-state index in [1.54, 1.807) is 0 Å². The number of para-hydroxylation sites is 1. The van der Waals surface area contributed by atoms with Crippen molar-refractivity contribution in [3.05, 3.63) is 29.8 Å². The Balaban J connectivity index is 2.76. The Morgan fingerprint density at radius 1 is 1.07 bits per heavy atom. The van der Waals surface area contributed by atoms with Crippen molar-refractivity contribution in [3.63, 3.8) is 0 Å². The van der Waals surface area contributed by atoms with Crippen molar-refractivity contribution in [3.8, 4) is 5.75 Å². The summed E-state index contributed by atoms with van der Waals surface area (Å²) >= 11 is 0. The fraction of sp³-hybridized carbons (Fsp3) is 0.500. The molecule has 0 saturated heterocycles. The summed E-state index contributed by atoms with van der Waals surface area (Å²) in [6.07, 6.45) is 0. The molecule has 1 rings (SSSR count). The van der Waals surface area contributed by atoms with Gasteiger partial charge in [-0.2, -0.15) is 0 Å². The van der Waals surface area contributed by atoms with Gasteiger partial charge >= 0.3 is 0 Å². The van der Waals surface area contributed by atoms with E-state index in [-0.39, 0.29) is 0 Å². The van der Waals surface area contributed by atoms with E-state index < -0.39 is 8.32 Å². The van der Waals surface area contributed by atoms with Crippen LogP contribution in [0.1, 0.15) is 25.3 Å². The third-order valence-electron chi connectivity index (χ3n) is 1.92. The Morgan fingerprint density at radius 3 is 2.20 bits per heavy atom. The highest BCUT2D eigenvalue weighted by Gasteiger charge is 2.18. The summed E-state index contributed by atoms with van der Waals surface area (Å²) in [5, 5.41) is 0. The normalized spacial score (nSPS) is 11.9. The van der Waals surface area contributed by atoms with Gasteiger partial charge in [0.15, 0.2) is 5.75 Å². The molecule has 2 nitrogen and oxygen atoms in total. The van der Waals surface area contributed by atoms with Gasteiger partial charge in [-0.25, -0.2) is 4.58 Å². The first-order chi connectivity index (χ1) is 6.90. The Labute approximate surface area is 93.3 Å². The fourth-order valence-electron chi connectivity index (χ4n) is 1.20. The lowest BCUT2D eigenvalue weighted by atomic mass is 10.0. The van der Waals surface area contributed by atoms with E-state index in [0.717, 1.165) is 5.75 Å². The molecule has 0 N–H and O–H groups in total.